The molecule has 0 radical (unpaired) electrons. The van der Waals surface area contributed by atoms with E-state index in [4.69, 9.17) is 4.98 Å². The number of rotatable bonds is 2. The Morgan fingerprint density at radius 1 is 0.429 bits per heavy atom. The van der Waals surface area contributed by atoms with Crippen LogP contribution in [0.2, 0.25) is 0 Å². The van der Waals surface area contributed by atoms with Crippen molar-refractivity contribution in [3.8, 4) is 11.4 Å². The molecule has 5 aromatic carbocycles. The average molecular weight is 449 g/mol. The molecule has 35 heavy (non-hydrogen) atoms. The first-order valence-corrected chi connectivity index (χ1v) is 11.8. The zero-order valence-electron chi connectivity index (χ0n) is 18.8. The van der Waals surface area contributed by atoms with E-state index >= 15 is 0 Å². The highest BCUT2D eigenvalue weighted by atomic mass is 15.2. The Kier molecular flexibility index (Phi) is 3.63. The van der Waals surface area contributed by atoms with Crippen LogP contribution in [-0.4, -0.2) is 18.5 Å². The lowest BCUT2D eigenvalue weighted by Crippen LogP contribution is -1.96. The lowest BCUT2D eigenvalue weighted by atomic mass is 10.1. The Hall–Kier alpha value is -4.83. The third kappa shape index (κ3) is 2.48. The van der Waals surface area contributed by atoms with Crippen molar-refractivity contribution in [2.24, 2.45) is 0 Å². The van der Waals surface area contributed by atoms with Crippen molar-refractivity contribution < 1.29 is 0 Å². The van der Waals surface area contributed by atoms with Gasteiger partial charge in [0.2, 0.25) is 5.78 Å². The third-order valence-corrected chi connectivity index (χ3v) is 7.04. The van der Waals surface area contributed by atoms with Gasteiger partial charge in [-0.3, -0.25) is 8.97 Å². The first-order chi connectivity index (χ1) is 17.4. The molecule has 0 saturated carbocycles. The average Bonchev–Trinajstić information content (AvgIpc) is 3.55. The summed E-state index contributed by atoms with van der Waals surface area (Å²) in [5.41, 5.74) is 9.11. The molecule has 0 unspecified atom stereocenters. The quantitative estimate of drug-likeness (QED) is 0.269. The standard InChI is InChI=1S/C31H20N4/c1-2-10-21(11-3-1)33-26-14-6-4-12-23(26)24-20-22(18-19-27(24)33)34-29-16-8-9-17-30(29)35-28-15-7-5-13-25(28)32-31(34)35/h1-20H. The van der Waals surface area contributed by atoms with E-state index in [9.17, 15) is 0 Å². The van der Waals surface area contributed by atoms with Crippen molar-refractivity contribution in [1.82, 2.24) is 18.5 Å². The molecule has 0 atom stereocenters. The van der Waals surface area contributed by atoms with E-state index in [-0.39, 0.29) is 0 Å². The number of hydrogen-bond acceptors (Lipinski definition) is 1. The van der Waals surface area contributed by atoms with Gasteiger partial charge in [0.05, 0.1) is 33.1 Å². The van der Waals surface area contributed by atoms with Crippen LogP contribution >= 0.6 is 0 Å². The van der Waals surface area contributed by atoms with Crippen LogP contribution in [0.25, 0.3) is 61.0 Å². The molecule has 4 nitrogen and oxygen atoms in total. The van der Waals surface area contributed by atoms with Crippen molar-refractivity contribution >= 4 is 49.7 Å². The van der Waals surface area contributed by atoms with Gasteiger partial charge in [-0.15, -0.1) is 0 Å². The second-order valence-electron chi connectivity index (χ2n) is 8.95. The number of hydrogen-bond donors (Lipinski definition) is 0. The molecular formula is C31H20N4. The predicted molar refractivity (Wildman–Crippen MR) is 144 cm³/mol. The Balaban J connectivity index is 1.49. The van der Waals surface area contributed by atoms with Gasteiger partial charge in [-0.2, -0.15) is 0 Å². The van der Waals surface area contributed by atoms with Crippen molar-refractivity contribution in [3.63, 3.8) is 0 Å². The van der Waals surface area contributed by atoms with E-state index in [0.29, 0.717) is 0 Å². The van der Waals surface area contributed by atoms with E-state index in [1.54, 1.807) is 0 Å². The summed E-state index contributed by atoms with van der Waals surface area (Å²) in [6.07, 6.45) is 0. The van der Waals surface area contributed by atoms with E-state index in [1.165, 1.54) is 27.5 Å². The summed E-state index contributed by atoms with van der Waals surface area (Å²) >= 11 is 0. The molecular weight excluding hydrogens is 428 g/mol. The maximum Gasteiger partial charge on any atom is 0.220 e. The minimum atomic E-state index is 0.929. The van der Waals surface area contributed by atoms with Gasteiger partial charge in [0.25, 0.3) is 0 Å². The number of fused-ring (bicyclic) bond motifs is 8. The first-order valence-electron chi connectivity index (χ1n) is 11.8. The fourth-order valence-electron chi connectivity index (χ4n) is 5.56. The Morgan fingerprint density at radius 3 is 1.94 bits per heavy atom. The van der Waals surface area contributed by atoms with Gasteiger partial charge in [-0.25, -0.2) is 4.98 Å². The molecule has 3 aromatic heterocycles. The molecule has 3 heterocycles. The SMILES string of the molecule is c1ccc(-n2c3ccccc3c3cc(-n4c5ccccc5n5c6ccccc6nc45)ccc32)cc1. The molecule has 0 aliphatic heterocycles. The van der Waals surface area contributed by atoms with Gasteiger partial charge >= 0.3 is 0 Å². The first kappa shape index (κ1) is 18.6. The second-order valence-corrected chi connectivity index (χ2v) is 8.95. The molecule has 4 heteroatoms. The minimum Gasteiger partial charge on any atom is -0.309 e. The van der Waals surface area contributed by atoms with Crippen LogP contribution < -0.4 is 0 Å². The Labute approximate surface area is 200 Å². The van der Waals surface area contributed by atoms with Crippen LogP contribution in [0.15, 0.2) is 121 Å². The highest BCUT2D eigenvalue weighted by molar-refractivity contribution is 6.10. The van der Waals surface area contributed by atoms with E-state index < -0.39 is 0 Å². The maximum atomic E-state index is 5.04. The molecule has 0 aliphatic carbocycles. The van der Waals surface area contributed by atoms with E-state index in [1.807, 2.05) is 6.07 Å². The topological polar surface area (TPSA) is 27.2 Å². The summed E-state index contributed by atoms with van der Waals surface area (Å²) in [5, 5.41) is 2.48. The predicted octanol–water partition coefficient (Wildman–Crippen LogP) is 7.53. The van der Waals surface area contributed by atoms with Crippen molar-refractivity contribution in [2.75, 3.05) is 0 Å². The molecule has 0 saturated heterocycles. The van der Waals surface area contributed by atoms with Crippen molar-refractivity contribution in [3.05, 3.63) is 121 Å². The number of imidazole rings is 2. The largest absolute Gasteiger partial charge is 0.309 e. The molecule has 0 fully saturated rings. The smallest absolute Gasteiger partial charge is 0.220 e. The molecule has 8 rings (SSSR count). The Bertz CT molecular complexity index is 2050. The molecule has 8 aromatic rings. The Morgan fingerprint density at radius 2 is 1.09 bits per heavy atom. The number of aromatic nitrogens is 4. The lowest BCUT2D eigenvalue weighted by Gasteiger charge is -2.09. The minimum absolute atomic E-state index is 0.929. The van der Waals surface area contributed by atoms with Crippen molar-refractivity contribution in [1.29, 1.82) is 0 Å². The fraction of sp³-hybridized carbons (Fsp3) is 0. The maximum absolute atomic E-state index is 5.04. The highest BCUT2D eigenvalue weighted by Crippen LogP contribution is 2.35. The highest BCUT2D eigenvalue weighted by Gasteiger charge is 2.18. The van der Waals surface area contributed by atoms with Gasteiger partial charge in [-0.05, 0) is 60.7 Å². The van der Waals surface area contributed by atoms with Gasteiger partial charge in [0.15, 0.2) is 0 Å². The lowest BCUT2D eigenvalue weighted by molar-refractivity contribution is 1.11. The van der Waals surface area contributed by atoms with Crippen LogP contribution in [0, 0.1) is 0 Å². The molecule has 0 N–H and O–H groups in total. The summed E-state index contributed by atoms with van der Waals surface area (Å²) in [4.78, 5) is 5.04. The summed E-state index contributed by atoms with van der Waals surface area (Å²) in [5.74, 6) is 0.929. The normalized spacial score (nSPS) is 12.0. The van der Waals surface area contributed by atoms with Gasteiger partial charge in [-0.1, -0.05) is 60.7 Å². The van der Waals surface area contributed by atoms with Crippen molar-refractivity contribution in [2.45, 2.75) is 0 Å². The number of nitrogens with zero attached hydrogens (tertiary/aromatic N) is 4. The molecule has 164 valence electrons. The van der Waals surface area contributed by atoms with Crippen LogP contribution in [-0.2, 0) is 0 Å². The summed E-state index contributed by atoms with van der Waals surface area (Å²) in [6.45, 7) is 0. The van der Waals surface area contributed by atoms with E-state index in [0.717, 1.165) is 33.5 Å². The summed E-state index contributed by atoms with van der Waals surface area (Å²) in [7, 11) is 0. The molecule has 0 spiro atoms. The molecule has 0 bridgehead atoms. The third-order valence-electron chi connectivity index (χ3n) is 7.04. The monoisotopic (exact) mass is 448 g/mol. The van der Waals surface area contributed by atoms with Crippen LogP contribution in [0.4, 0.5) is 0 Å². The zero-order valence-corrected chi connectivity index (χ0v) is 18.8. The second kappa shape index (κ2) is 6.84. The van der Waals surface area contributed by atoms with Crippen LogP contribution in [0.5, 0.6) is 0 Å². The summed E-state index contributed by atoms with van der Waals surface area (Å²) < 4.78 is 6.90. The fourth-order valence-corrected chi connectivity index (χ4v) is 5.56. The van der Waals surface area contributed by atoms with Gasteiger partial charge in [0.1, 0.15) is 0 Å². The number of para-hydroxylation sites is 6. The summed E-state index contributed by atoms with van der Waals surface area (Å²) in [6, 6.07) is 42.9. The number of benzene rings is 5. The van der Waals surface area contributed by atoms with E-state index in [2.05, 4.69) is 129 Å². The van der Waals surface area contributed by atoms with Gasteiger partial charge < -0.3 is 4.57 Å². The van der Waals surface area contributed by atoms with Crippen LogP contribution in [0.1, 0.15) is 0 Å². The van der Waals surface area contributed by atoms with Gasteiger partial charge in [0, 0.05) is 22.1 Å². The molecule has 0 aliphatic rings. The van der Waals surface area contributed by atoms with Crippen LogP contribution in [0.3, 0.4) is 0 Å². The zero-order chi connectivity index (χ0) is 22.9. The molecule has 0 amide bonds.